The van der Waals surface area contributed by atoms with Gasteiger partial charge in [0.2, 0.25) is 5.91 Å². The number of nitrogens with zero attached hydrogens (tertiary/aromatic N) is 4. The van der Waals surface area contributed by atoms with E-state index in [1.54, 1.807) is 12.4 Å². The molecule has 0 bridgehead atoms. The Morgan fingerprint density at radius 2 is 1.86 bits per heavy atom. The summed E-state index contributed by atoms with van der Waals surface area (Å²) in [5, 5.41) is 7.08. The maximum absolute atomic E-state index is 11.9. The van der Waals surface area contributed by atoms with Gasteiger partial charge in [-0.05, 0) is 79.3 Å². The standard InChI is InChI=1S/C27H26N6OS/c1-3-24(34)30-20-13-12-19(17-18(20)2)33-26(25(31-27(33)35)21-9-4-6-14-28-21)22-10-8-16-32(22)23-11-5-7-15-29-23/h4-17,25-26H,3H2,1-2H3,(H,30,34)(H,31,35)/t25-,26-/m1/s1. The van der Waals surface area contributed by atoms with E-state index in [1.807, 2.05) is 74.6 Å². The second-order valence-electron chi connectivity index (χ2n) is 8.39. The molecule has 1 saturated heterocycles. The Hall–Kier alpha value is -4.04. The molecule has 1 amide bonds. The molecule has 1 aliphatic heterocycles. The minimum absolute atomic E-state index is 0.0134. The molecule has 0 aliphatic carbocycles. The summed E-state index contributed by atoms with van der Waals surface area (Å²) >= 11 is 5.87. The molecule has 2 N–H and O–H groups in total. The fraction of sp³-hybridized carbons (Fsp3) is 0.185. The van der Waals surface area contributed by atoms with Crippen LogP contribution in [0.3, 0.4) is 0 Å². The molecule has 7 nitrogen and oxygen atoms in total. The Morgan fingerprint density at radius 3 is 2.54 bits per heavy atom. The first-order valence-electron chi connectivity index (χ1n) is 11.6. The molecule has 4 aromatic rings. The molecular weight excluding hydrogens is 456 g/mol. The summed E-state index contributed by atoms with van der Waals surface area (Å²) in [6.07, 6.45) is 6.03. The average Bonchev–Trinajstić information content (AvgIpc) is 3.50. The Balaban J connectivity index is 1.61. The van der Waals surface area contributed by atoms with Crippen LogP contribution < -0.4 is 15.5 Å². The summed E-state index contributed by atoms with van der Waals surface area (Å²) in [5.41, 5.74) is 4.64. The Labute approximate surface area is 209 Å². The van der Waals surface area contributed by atoms with Gasteiger partial charge in [-0.1, -0.05) is 19.1 Å². The minimum atomic E-state index is -0.176. The molecule has 4 heterocycles. The molecule has 8 heteroatoms. The molecular formula is C27H26N6OS. The number of carbonyl (C=O) groups excluding carboxylic acids is 1. The highest BCUT2D eigenvalue weighted by Gasteiger charge is 2.42. The summed E-state index contributed by atoms with van der Waals surface area (Å²) in [4.78, 5) is 23.3. The van der Waals surface area contributed by atoms with Crippen molar-refractivity contribution in [1.29, 1.82) is 0 Å². The molecule has 1 fully saturated rings. The van der Waals surface area contributed by atoms with Gasteiger partial charge in [0.15, 0.2) is 5.11 Å². The number of thiocarbonyl (C=S) groups is 1. The zero-order chi connectivity index (χ0) is 24.4. The fourth-order valence-corrected chi connectivity index (χ4v) is 4.80. The summed E-state index contributed by atoms with van der Waals surface area (Å²) in [5.74, 6) is 0.819. The number of hydrogen-bond donors (Lipinski definition) is 2. The molecule has 1 aromatic carbocycles. The van der Waals surface area contributed by atoms with E-state index in [1.165, 1.54) is 0 Å². The summed E-state index contributed by atoms with van der Waals surface area (Å²) in [7, 11) is 0. The van der Waals surface area contributed by atoms with Crippen LogP contribution in [0.1, 0.15) is 42.4 Å². The highest BCUT2D eigenvalue weighted by Crippen LogP contribution is 2.42. The Morgan fingerprint density at radius 1 is 1.06 bits per heavy atom. The number of aryl methyl sites for hydroxylation is 1. The van der Waals surface area contributed by atoms with E-state index in [-0.39, 0.29) is 18.0 Å². The van der Waals surface area contributed by atoms with Gasteiger partial charge in [-0.3, -0.25) is 9.78 Å². The monoisotopic (exact) mass is 482 g/mol. The Kier molecular flexibility index (Phi) is 6.29. The van der Waals surface area contributed by atoms with Gasteiger partial charge in [0, 0.05) is 42.1 Å². The van der Waals surface area contributed by atoms with Crippen LogP contribution in [-0.2, 0) is 4.79 Å². The topological polar surface area (TPSA) is 75.1 Å². The van der Waals surface area contributed by atoms with Crippen LogP contribution in [0.4, 0.5) is 11.4 Å². The molecule has 0 unspecified atom stereocenters. The predicted molar refractivity (Wildman–Crippen MR) is 142 cm³/mol. The molecule has 2 atom stereocenters. The molecule has 35 heavy (non-hydrogen) atoms. The second kappa shape index (κ2) is 9.68. The number of amides is 1. The first-order valence-corrected chi connectivity index (χ1v) is 12.0. The number of anilines is 2. The van der Waals surface area contributed by atoms with E-state index in [0.29, 0.717) is 11.5 Å². The normalized spacial score (nSPS) is 17.3. The van der Waals surface area contributed by atoms with E-state index in [9.17, 15) is 4.79 Å². The molecule has 3 aromatic heterocycles. The zero-order valence-electron chi connectivity index (χ0n) is 19.6. The number of nitrogens with one attached hydrogen (secondary N) is 2. The number of rotatable bonds is 6. The van der Waals surface area contributed by atoms with Crippen molar-refractivity contribution < 1.29 is 4.79 Å². The van der Waals surface area contributed by atoms with Crippen molar-refractivity contribution in [3.63, 3.8) is 0 Å². The van der Waals surface area contributed by atoms with Crippen LogP contribution in [0.2, 0.25) is 0 Å². The van der Waals surface area contributed by atoms with Crippen LogP contribution >= 0.6 is 12.2 Å². The minimum Gasteiger partial charge on any atom is -0.351 e. The quantitative estimate of drug-likeness (QED) is 0.373. The lowest BCUT2D eigenvalue weighted by molar-refractivity contribution is -0.115. The van der Waals surface area contributed by atoms with Crippen LogP contribution in [0.25, 0.3) is 5.82 Å². The van der Waals surface area contributed by atoms with E-state index >= 15 is 0 Å². The zero-order valence-corrected chi connectivity index (χ0v) is 20.4. The van der Waals surface area contributed by atoms with Gasteiger partial charge >= 0.3 is 0 Å². The van der Waals surface area contributed by atoms with Gasteiger partial charge in [-0.2, -0.15) is 0 Å². The van der Waals surface area contributed by atoms with Crippen molar-refractivity contribution >= 4 is 34.6 Å². The van der Waals surface area contributed by atoms with Crippen molar-refractivity contribution in [3.05, 3.63) is 102 Å². The van der Waals surface area contributed by atoms with E-state index in [2.05, 4.69) is 42.2 Å². The summed E-state index contributed by atoms with van der Waals surface area (Å²) in [6, 6.07) is 21.5. The lowest BCUT2D eigenvalue weighted by atomic mass is 10.0. The molecule has 1 aliphatic rings. The smallest absolute Gasteiger partial charge is 0.224 e. The van der Waals surface area contributed by atoms with Crippen LogP contribution in [0.5, 0.6) is 0 Å². The first-order chi connectivity index (χ1) is 17.1. The molecule has 0 saturated carbocycles. The van der Waals surface area contributed by atoms with E-state index in [0.717, 1.165) is 34.1 Å². The van der Waals surface area contributed by atoms with Gasteiger partial charge in [0.05, 0.1) is 11.7 Å². The third-order valence-corrected chi connectivity index (χ3v) is 6.48. The SMILES string of the molecule is CCC(=O)Nc1ccc(N2C(=S)N[C@H](c3ccccn3)[C@H]2c2cccn2-c2ccccn2)cc1C. The maximum atomic E-state index is 11.9. The lowest BCUT2D eigenvalue weighted by Crippen LogP contribution is -2.30. The van der Waals surface area contributed by atoms with Gasteiger partial charge < -0.3 is 20.1 Å². The van der Waals surface area contributed by atoms with Crippen molar-refractivity contribution in [2.45, 2.75) is 32.4 Å². The molecule has 0 spiro atoms. The summed E-state index contributed by atoms with van der Waals surface area (Å²) < 4.78 is 2.09. The van der Waals surface area contributed by atoms with E-state index < -0.39 is 0 Å². The largest absolute Gasteiger partial charge is 0.351 e. The van der Waals surface area contributed by atoms with Crippen molar-refractivity contribution in [3.8, 4) is 5.82 Å². The molecule has 176 valence electrons. The highest BCUT2D eigenvalue weighted by molar-refractivity contribution is 7.80. The number of pyridine rings is 2. The van der Waals surface area contributed by atoms with Gasteiger partial charge in [-0.25, -0.2) is 4.98 Å². The van der Waals surface area contributed by atoms with Gasteiger partial charge in [-0.15, -0.1) is 0 Å². The second-order valence-corrected chi connectivity index (χ2v) is 8.78. The number of benzene rings is 1. The lowest BCUT2D eigenvalue weighted by Gasteiger charge is -2.29. The average molecular weight is 483 g/mol. The van der Waals surface area contributed by atoms with Crippen molar-refractivity contribution in [2.24, 2.45) is 0 Å². The van der Waals surface area contributed by atoms with Gasteiger partial charge in [0.25, 0.3) is 0 Å². The predicted octanol–water partition coefficient (Wildman–Crippen LogP) is 5.10. The van der Waals surface area contributed by atoms with E-state index in [4.69, 9.17) is 12.2 Å². The van der Waals surface area contributed by atoms with Crippen LogP contribution in [0.15, 0.2) is 85.3 Å². The van der Waals surface area contributed by atoms with Crippen LogP contribution in [-0.4, -0.2) is 25.6 Å². The first kappa shape index (κ1) is 22.7. The third kappa shape index (κ3) is 4.40. The van der Waals surface area contributed by atoms with Crippen LogP contribution in [0, 0.1) is 6.92 Å². The number of aromatic nitrogens is 3. The van der Waals surface area contributed by atoms with Gasteiger partial charge in [0.1, 0.15) is 11.9 Å². The van der Waals surface area contributed by atoms with Crippen molar-refractivity contribution in [2.75, 3.05) is 10.2 Å². The fourth-order valence-electron chi connectivity index (χ4n) is 4.45. The third-order valence-electron chi connectivity index (χ3n) is 6.16. The summed E-state index contributed by atoms with van der Waals surface area (Å²) in [6.45, 7) is 3.83. The Bertz CT molecular complexity index is 1350. The number of carbonyl (C=O) groups is 1. The maximum Gasteiger partial charge on any atom is 0.224 e. The highest BCUT2D eigenvalue weighted by atomic mass is 32.1. The molecule has 5 rings (SSSR count). The molecule has 0 radical (unpaired) electrons. The number of hydrogen-bond acceptors (Lipinski definition) is 4. The van der Waals surface area contributed by atoms with Crippen molar-refractivity contribution in [1.82, 2.24) is 19.9 Å².